The molecule has 4 heteroatoms. The number of piperidine rings is 1. The Morgan fingerprint density at radius 1 is 1.10 bits per heavy atom. The Morgan fingerprint density at radius 3 is 2.66 bits per heavy atom. The van der Waals surface area contributed by atoms with Crippen LogP contribution in [0.5, 0.6) is 0 Å². The van der Waals surface area contributed by atoms with Gasteiger partial charge in [0.15, 0.2) is 5.78 Å². The molecule has 158 valence electrons. The van der Waals surface area contributed by atoms with Crippen LogP contribution < -0.4 is 0 Å². The first-order valence-corrected chi connectivity index (χ1v) is 12.5. The number of ketones is 1. The summed E-state index contributed by atoms with van der Waals surface area (Å²) < 4.78 is 0. The first kappa shape index (κ1) is 19.8. The molecule has 0 aromatic carbocycles. The average Bonchev–Trinajstić information content (AvgIpc) is 3.34. The van der Waals surface area contributed by atoms with Crippen LogP contribution in [0.2, 0.25) is 0 Å². The maximum absolute atomic E-state index is 12.8. The molecule has 3 nitrogen and oxygen atoms in total. The summed E-state index contributed by atoms with van der Waals surface area (Å²) in [5, 5.41) is 2.02. The normalized spacial score (nSPS) is 44.2. The summed E-state index contributed by atoms with van der Waals surface area (Å²) >= 11 is 1.59. The summed E-state index contributed by atoms with van der Waals surface area (Å²) in [5.41, 5.74) is 0.617. The minimum Gasteiger partial charge on any atom is -0.342 e. The van der Waals surface area contributed by atoms with E-state index in [1.54, 1.807) is 11.3 Å². The van der Waals surface area contributed by atoms with E-state index in [1.165, 1.54) is 38.5 Å². The summed E-state index contributed by atoms with van der Waals surface area (Å²) in [4.78, 5) is 28.2. The lowest BCUT2D eigenvalue weighted by Crippen LogP contribution is -2.61. The van der Waals surface area contributed by atoms with Gasteiger partial charge in [0.25, 0.3) is 0 Å². The van der Waals surface area contributed by atoms with Gasteiger partial charge in [0.05, 0.1) is 4.88 Å². The molecule has 1 unspecified atom stereocenters. The molecule has 7 atom stereocenters. The molecular weight excluding hydrogens is 378 g/mol. The van der Waals surface area contributed by atoms with Gasteiger partial charge < -0.3 is 4.90 Å². The number of amides is 1. The number of carbonyl (C=O) groups is 2. The largest absolute Gasteiger partial charge is 0.342 e. The predicted octanol–water partition coefficient (Wildman–Crippen LogP) is 5.80. The van der Waals surface area contributed by atoms with Gasteiger partial charge in [-0.05, 0) is 90.9 Å². The lowest BCUT2D eigenvalue weighted by molar-refractivity contribution is -0.158. The Bertz CT molecular complexity index is 804. The molecule has 2 heterocycles. The van der Waals surface area contributed by atoms with Crippen molar-refractivity contribution in [2.75, 3.05) is 7.05 Å². The Balaban J connectivity index is 1.36. The van der Waals surface area contributed by atoms with E-state index >= 15 is 0 Å². The van der Waals surface area contributed by atoms with E-state index in [4.69, 9.17) is 0 Å². The lowest BCUT2D eigenvalue weighted by atomic mass is 9.46. The summed E-state index contributed by atoms with van der Waals surface area (Å²) in [6.45, 7) is 5.01. The van der Waals surface area contributed by atoms with Crippen LogP contribution in [0, 0.1) is 34.5 Å². The molecule has 5 rings (SSSR count). The first-order valence-electron chi connectivity index (χ1n) is 11.7. The van der Waals surface area contributed by atoms with Gasteiger partial charge in [-0.15, -0.1) is 11.3 Å². The smallest absolute Gasteiger partial charge is 0.222 e. The minimum absolute atomic E-state index is 0.289. The standard InChI is InChI=1S/C25H35NO2S/c1-24-12-10-19-17(7-9-22-25(19,2)13-11-23(28)26(22)3)18(24)8-6-16(24)15-20(27)21-5-4-14-29-21/h4-5,14,16-19,22H,6-13,15H2,1-3H3/t16-,17+,18+,19+,22?,24-,25-/m1/s1. The van der Waals surface area contributed by atoms with Gasteiger partial charge >= 0.3 is 0 Å². The van der Waals surface area contributed by atoms with Crippen LogP contribution in [0.25, 0.3) is 0 Å². The third-order valence-corrected chi connectivity index (χ3v) is 10.9. The summed E-state index contributed by atoms with van der Waals surface area (Å²) in [6, 6.07) is 4.42. The fourth-order valence-electron chi connectivity index (χ4n) is 8.36. The van der Waals surface area contributed by atoms with E-state index in [2.05, 4.69) is 18.7 Å². The van der Waals surface area contributed by atoms with Crippen molar-refractivity contribution in [2.24, 2.45) is 34.5 Å². The van der Waals surface area contributed by atoms with Gasteiger partial charge in [-0.25, -0.2) is 0 Å². The topological polar surface area (TPSA) is 37.4 Å². The van der Waals surface area contributed by atoms with E-state index in [1.807, 2.05) is 24.6 Å². The van der Waals surface area contributed by atoms with Gasteiger partial charge in [-0.1, -0.05) is 19.9 Å². The van der Waals surface area contributed by atoms with Gasteiger partial charge in [0.2, 0.25) is 5.91 Å². The fraction of sp³-hybridized carbons (Fsp3) is 0.760. The number of hydrogen-bond acceptors (Lipinski definition) is 3. The third kappa shape index (κ3) is 2.88. The zero-order chi connectivity index (χ0) is 20.4. The zero-order valence-corrected chi connectivity index (χ0v) is 19.0. The molecule has 4 fully saturated rings. The van der Waals surface area contributed by atoms with Crippen molar-refractivity contribution in [3.63, 3.8) is 0 Å². The zero-order valence-electron chi connectivity index (χ0n) is 18.2. The molecule has 1 saturated heterocycles. The van der Waals surface area contributed by atoms with Crippen LogP contribution in [0.15, 0.2) is 17.5 Å². The highest BCUT2D eigenvalue weighted by Gasteiger charge is 2.61. The number of nitrogens with zero attached hydrogens (tertiary/aromatic N) is 1. The number of likely N-dealkylation sites (tertiary alicyclic amines) is 1. The Morgan fingerprint density at radius 2 is 1.90 bits per heavy atom. The number of thiophene rings is 1. The molecule has 0 N–H and O–H groups in total. The van der Waals surface area contributed by atoms with Crippen molar-refractivity contribution in [2.45, 2.75) is 77.7 Å². The average molecular weight is 414 g/mol. The lowest BCUT2D eigenvalue weighted by Gasteiger charge is -2.61. The molecule has 0 bridgehead atoms. The summed E-state index contributed by atoms with van der Waals surface area (Å²) in [7, 11) is 2.04. The van der Waals surface area contributed by atoms with Crippen LogP contribution in [-0.4, -0.2) is 29.7 Å². The van der Waals surface area contributed by atoms with Crippen molar-refractivity contribution in [1.82, 2.24) is 4.90 Å². The highest BCUT2D eigenvalue weighted by molar-refractivity contribution is 7.12. The molecule has 1 aromatic heterocycles. The van der Waals surface area contributed by atoms with Gasteiger partial charge in [-0.2, -0.15) is 0 Å². The van der Waals surface area contributed by atoms with Crippen molar-refractivity contribution in [1.29, 1.82) is 0 Å². The molecule has 29 heavy (non-hydrogen) atoms. The highest BCUT2D eigenvalue weighted by atomic mass is 32.1. The molecule has 3 saturated carbocycles. The number of Topliss-reactive ketones (excluding diaryl/α,β-unsaturated/α-hetero) is 1. The first-order chi connectivity index (χ1) is 13.8. The molecule has 1 aliphatic heterocycles. The van der Waals surface area contributed by atoms with E-state index in [9.17, 15) is 9.59 Å². The molecule has 1 aromatic rings. The van der Waals surface area contributed by atoms with Crippen LogP contribution >= 0.6 is 11.3 Å². The number of hydrogen-bond donors (Lipinski definition) is 0. The van der Waals surface area contributed by atoms with Crippen LogP contribution in [0.4, 0.5) is 0 Å². The summed E-state index contributed by atoms with van der Waals surface area (Å²) in [6.07, 6.45) is 10.1. The molecule has 0 radical (unpaired) electrons. The Labute approximate surface area is 179 Å². The van der Waals surface area contributed by atoms with E-state index < -0.39 is 0 Å². The van der Waals surface area contributed by atoms with E-state index in [-0.39, 0.29) is 5.41 Å². The van der Waals surface area contributed by atoms with E-state index in [0.717, 1.165) is 41.9 Å². The van der Waals surface area contributed by atoms with Gasteiger partial charge in [0, 0.05) is 25.9 Å². The minimum atomic E-state index is 0.289. The van der Waals surface area contributed by atoms with Gasteiger partial charge in [-0.3, -0.25) is 9.59 Å². The number of rotatable bonds is 3. The van der Waals surface area contributed by atoms with E-state index in [0.29, 0.717) is 29.1 Å². The summed E-state index contributed by atoms with van der Waals surface area (Å²) in [5.74, 6) is 3.56. The monoisotopic (exact) mass is 413 g/mol. The molecule has 1 amide bonds. The Hall–Kier alpha value is -1.16. The second-order valence-corrected chi connectivity index (χ2v) is 11.9. The molecule has 0 spiro atoms. The molecule has 4 aliphatic rings. The van der Waals surface area contributed by atoms with Gasteiger partial charge in [0.1, 0.15) is 0 Å². The van der Waals surface area contributed by atoms with Crippen LogP contribution in [-0.2, 0) is 4.79 Å². The second kappa shape index (κ2) is 6.93. The fourth-order valence-corrected chi connectivity index (χ4v) is 9.03. The number of fused-ring (bicyclic) bond motifs is 5. The second-order valence-electron chi connectivity index (χ2n) is 10.9. The van der Waals surface area contributed by atoms with Crippen molar-refractivity contribution >= 4 is 23.0 Å². The maximum atomic E-state index is 12.8. The predicted molar refractivity (Wildman–Crippen MR) is 117 cm³/mol. The van der Waals surface area contributed by atoms with Crippen molar-refractivity contribution < 1.29 is 9.59 Å². The molecule has 3 aliphatic carbocycles. The maximum Gasteiger partial charge on any atom is 0.222 e. The molecular formula is C25H35NO2S. The highest BCUT2D eigenvalue weighted by Crippen LogP contribution is 2.66. The van der Waals surface area contributed by atoms with Crippen LogP contribution in [0.3, 0.4) is 0 Å². The van der Waals surface area contributed by atoms with Crippen LogP contribution in [0.1, 0.15) is 81.3 Å². The number of carbonyl (C=O) groups excluding carboxylic acids is 2. The van der Waals surface area contributed by atoms with Crippen molar-refractivity contribution in [3.05, 3.63) is 22.4 Å². The third-order valence-electron chi connectivity index (χ3n) is 9.98. The Kier molecular flexibility index (Phi) is 4.73. The SMILES string of the molecule is CN1C(=O)CC[C@@]2(C)C1CC[C@H]1[C@@H]3CC[C@H](CC(=O)c4cccs4)[C@@]3(C)CC[C@@H]12. The quantitative estimate of drug-likeness (QED) is 0.587. The van der Waals surface area contributed by atoms with Crippen molar-refractivity contribution in [3.8, 4) is 0 Å².